The Labute approximate surface area is 193 Å². The molecule has 1 saturated heterocycles. The lowest BCUT2D eigenvalue weighted by Gasteiger charge is -2.33. The molecule has 0 bridgehead atoms. The molecule has 1 fully saturated rings. The van der Waals surface area contributed by atoms with E-state index in [4.69, 9.17) is 0 Å². The second kappa shape index (κ2) is 10.2. The zero-order valence-electron chi connectivity index (χ0n) is 19.4. The quantitative estimate of drug-likeness (QED) is 0.445. The first-order valence-electron chi connectivity index (χ1n) is 11.8. The summed E-state index contributed by atoms with van der Waals surface area (Å²) >= 11 is 0. The van der Waals surface area contributed by atoms with Gasteiger partial charge in [-0.25, -0.2) is 0 Å². The fourth-order valence-electron chi connectivity index (χ4n) is 4.63. The number of aromatic nitrogens is 2. The van der Waals surface area contributed by atoms with Gasteiger partial charge in [-0.2, -0.15) is 0 Å². The van der Waals surface area contributed by atoms with Gasteiger partial charge in [0.1, 0.15) is 0 Å². The van der Waals surface area contributed by atoms with Crippen LogP contribution in [0.1, 0.15) is 48.5 Å². The Morgan fingerprint density at radius 3 is 2.45 bits per heavy atom. The average Bonchev–Trinajstić information content (AvgIpc) is 2.84. The van der Waals surface area contributed by atoms with Gasteiger partial charge in [-0.15, -0.1) is 0 Å². The molecule has 4 rings (SSSR count). The molecular weight excluding hydrogens is 416 g/mol. The van der Waals surface area contributed by atoms with Gasteiger partial charge in [0, 0.05) is 31.7 Å². The molecule has 1 aliphatic heterocycles. The third-order valence-corrected chi connectivity index (χ3v) is 6.67. The number of rotatable bonds is 7. The van der Waals surface area contributed by atoms with E-state index in [0.29, 0.717) is 29.2 Å². The average molecular weight is 449 g/mol. The number of para-hydroxylation sites is 2. The van der Waals surface area contributed by atoms with Crippen molar-refractivity contribution in [2.24, 2.45) is 7.05 Å². The number of amides is 1. The van der Waals surface area contributed by atoms with E-state index >= 15 is 0 Å². The van der Waals surface area contributed by atoms with Crippen LogP contribution in [0.5, 0.6) is 0 Å². The third kappa shape index (κ3) is 5.09. The summed E-state index contributed by atoms with van der Waals surface area (Å²) in [4.78, 5) is 40.0. The van der Waals surface area contributed by atoms with Gasteiger partial charge in [-0.1, -0.05) is 30.7 Å². The summed E-state index contributed by atoms with van der Waals surface area (Å²) in [5, 5.41) is 3.00. The topological polar surface area (TPSA) is 76.3 Å². The number of carbonyl (C=O) groups is 1. The van der Waals surface area contributed by atoms with Crippen LogP contribution in [0.25, 0.3) is 11.0 Å². The number of carbonyl (C=O) groups excluding carboxylic acids is 1. The summed E-state index contributed by atoms with van der Waals surface area (Å²) in [7, 11) is 1.61. The van der Waals surface area contributed by atoms with Crippen LogP contribution in [0.15, 0.2) is 58.1 Å². The molecule has 2 aromatic carbocycles. The largest absolute Gasteiger partial charge is 0.352 e. The maximum atomic E-state index is 12.6. The van der Waals surface area contributed by atoms with E-state index < -0.39 is 11.1 Å². The van der Waals surface area contributed by atoms with E-state index in [1.165, 1.54) is 28.4 Å². The number of benzene rings is 2. The van der Waals surface area contributed by atoms with Crippen LogP contribution in [0, 0.1) is 0 Å². The molecule has 2 heterocycles. The van der Waals surface area contributed by atoms with E-state index in [1.807, 2.05) is 36.4 Å². The highest BCUT2D eigenvalue weighted by atomic mass is 16.2. The smallest absolute Gasteiger partial charge is 0.317 e. The van der Waals surface area contributed by atoms with Crippen LogP contribution in [0.2, 0.25) is 0 Å². The number of likely N-dealkylation sites (tertiary alicyclic amines) is 1. The van der Waals surface area contributed by atoms with Crippen LogP contribution in [-0.2, 0) is 13.6 Å². The van der Waals surface area contributed by atoms with Crippen molar-refractivity contribution in [2.45, 2.75) is 45.2 Å². The molecule has 1 amide bonds. The number of nitrogens with one attached hydrogen (secondary N) is 1. The maximum Gasteiger partial charge on any atom is 0.317 e. The molecule has 1 atom stereocenters. The first-order valence-corrected chi connectivity index (χ1v) is 11.8. The van der Waals surface area contributed by atoms with Crippen molar-refractivity contribution in [2.75, 3.05) is 19.6 Å². The fourth-order valence-corrected chi connectivity index (χ4v) is 4.63. The summed E-state index contributed by atoms with van der Waals surface area (Å²) in [5.74, 6) is -0.0931. The molecule has 33 heavy (non-hydrogen) atoms. The molecule has 0 spiro atoms. The van der Waals surface area contributed by atoms with Gasteiger partial charge in [-0.3, -0.25) is 19.0 Å². The fraction of sp³-hybridized carbons (Fsp3) is 0.423. The maximum absolute atomic E-state index is 12.6. The lowest BCUT2D eigenvalue weighted by molar-refractivity contribution is 0.0949. The van der Waals surface area contributed by atoms with Gasteiger partial charge in [0.15, 0.2) is 0 Å². The molecule has 0 radical (unpaired) electrons. The van der Waals surface area contributed by atoms with E-state index in [2.05, 4.69) is 17.1 Å². The predicted octanol–water partition coefficient (Wildman–Crippen LogP) is 2.74. The molecule has 1 aromatic heterocycles. The molecule has 0 saturated carbocycles. The van der Waals surface area contributed by atoms with Crippen LogP contribution < -0.4 is 16.4 Å². The van der Waals surface area contributed by atoms with Crippen molar-refractivity contribution < 1.29 is 4.79 Å². The Hall–Kier alpha value is -3.19. The van der Waals surface area contributed by atoms with Crippen molar-refractivity contribution in [1.82, 2.24) is 19.4 Å². The molecule has 7 heteroatoms. The first kappa shape index (κ1) is 23.0. The van der Waals surface area contributed by atoms with Gasteiger partial charge < -0.3 is 14.8 Å². The Bertz CT molecular complexity index is 1240. The van der Waals surface area contributed by atoms with Gasteiger partial charge >= 0.3 is 11.1 Å². The Kier molecular flexibility index (Phi) is 7.08. The van der Waals surface area contributed by atoms with Crippen LogP contribution >= 0.6 is 0 Å². The molecule has 3 aromatic rings. The van der Waals surface area contributed by atoms with E-state index in [9.17, 15) is 14.4 Å². The van der Waals surface area contributed by atoms with Crippen molar-refractivity contribution >= 4 is 16.9 Å². The summed E-state index contributed by atoms with van der Waals surface area (Å²) in [6.45, 7) is 5.37. The molecule has 174 valence electrons. The number of fused-ring (bicyclic) bond motifs is 1. The SMILES string of the molecule is C[C@H]1CCCCN1CCCNC(=O)c1ccc(Cn2c(=O)c(=O)n(C)c3ccccc32)cc1. The van der Waals surface area contributed by atoms with Crippen molar-refractivity contribution in [3.63, 3.8) is 0 Å². The molecule has 1 aliphatic rings. The molecular formula is C26H32N4O3. The highest BCUT2D eigenvalue weighted by Gasteiger charge is 2.17. The highest BCUT2D eigenvalue weighted by Crippen LogP contribution is 2.16. The summed E-state index contributed by atoms with van der Waals surface area (Å²) in [5.41, 5.74) is 1.74. The minimum Gasteiger partial charge on any atom is -0.352 e. The monoisotopic (exact) mass is 448 g/mol. The van der Waals surface area contributed by atoms with Crippen LogP contribution in [-0.4, -0.2) is 45.6 Å². The van der Waals surface area contributed by atoms with E-state index in [1.54, 1.807) is 19.2 Å². The van der Waals surface area contributed by atoms with Gasteiger partial charge in [-0.05, 0) is 62.6 Å². The van der Waals surface area contributed by atoms with E-state index in [0.717, 1.165) is 25.1 Å². The lowest BCUT2D eigenvalue weighted by Crippen LogP contribution is -2.40. The number of piperidine rings is 1. The molecule has 0 aliphatic carbocycles. The van der Waals surface area contributed by atoms with Crippen molar-refractivity contribution in [1.29, 1.82) is 0 Å². The Balaban J connectivity index is 1.38. The second-order valence-corrected chi connectivity index (χ2v) is 8.93. The number of nitrogens with zero attached hydrogens (tertiary/aromatic N) is 3. The lowest BCUT2D eigenvalue weighted by atomic mass is 10.0. The highest BCUT2D eigenvalue weighted by molar-refractivity contribution is 5.94. The molecule has 7 nitrogen and oxygen atoms in total. The van der Waals surface area contributed by atoms with Crippen molar-refractivity contribution in [3.8, 4) is 0 Å². The Morgan fingerprint density at radius 2 is 1.73 bits per heavy atom. The third-order valence-electron chi connectivity index (χ3n) is 6.67. The second-order valence-electron chi connectivity index (χ2n) is 8.93. The van der Waals surface area contributed by atoms with Gasteiger partial charge in [0.2, 0.25) is 0 Å². The minimum atomic E-state index is -0.555. The summed E-state index contributed by atoms with van der Waals surface area (Å²) in [6.07, 6.45) is 4.78. The number of hydrogen-bond acceptors (Lipinski definition) is 4. The predicted molar refractivity (Wildman–Crippen MR) is 131 cm³/mol. The minimum absolute atomic E-state index is 0.0931. The summed E-state index contributed by atoms with van der Waals surface area (Å²) < 4.78 is 2.88. The zero-order valence-corrected chi connectivity index (χ0v) is 19.4. The molecule has 0 unspecified atom stereocenters. The summed E-state index contributed by atoms with van der Waals surface area (Å²) in [6, 6.07) is 15.2. The van der Waals surface area contributed by atoms with E-state index in [-0.39, 0.29) is 12.5 Å². The number of aryl methyl sites for hydroxylation is 1. The van der Waals surface area contributed by atoms with Crippen LogP contribution in [0.4, 0.5) is 0 Å². The van der Waals surface area contributed by atoms with Crippen molar-refractivity contribution in [3.05, 3.63) is 80.4 Å². The standard InChI is InChI=1S/C26H32N4O3/c1-19-8-5-6-16-29(19)17-7-15-27-24(31)21-13-11-20(12-14-21)18-30-23-10-4-3-9-22(23)28(2)25(32)26(30)33/h3-4,9-14,19H,5-8,15-18H2,1-2H3,(H,27,31)/t19-/m0/s1. The van der Waals surface area contributed by atoms with Crippen LogP contribution in [0.3, 0.4) is 0 Å². The Morgan fingerprint density at radius 1 is 1.00 bits per heavy atom. The van der Waals surface area contributed by atoms with Gasteiger partial charge in [0.25, 0.3) is 5.91 Å². The first-order chi connectivity index (χ1) is 16.0. The number of hydrogen-bond donors (Lipinski definition) is 1. The normalized spacial score (nSPS) is 16.7. The molecule has 1 N–H and O–H groups in total. The van der Waals surface area contributed by atoms with Gasteiger partial charge in [0.05, 0.1) is 17.6 Å². The zero-order chi connectivity index (χ0) is 23.4.